The molecule has 0 saturated heterocycles. The van der Waals surface area contributed by atoms with Crippen LogP contribution in [0.15, 0.2) is 22.9 Å². The number of hydrogen-bond acceptors (Lipinski definition) is 5. The minimum absolute atomic E-state index is 0.0303. The largest absolute Gasteiger partial charge is 0.338 e. The zero-order chi connectivity index (χ0) is 14.0. The Morgan fingerprint density at radius 2 is 2.11 bits per heavy atom. The number of aromatic nitrogens is 3. The molecule has 2 aromatic rings. The van der Waals surface area contributed by atoms with Gasteiger partial charge in [-0.25, -0.2) is 9.37 Å². The molecule has 0 bridgehead atoms. The van der Waals surface area contributed by atoms with Gasteiger partial charge >= 0.3 is 0 Å². The van der Waals surface area contributed by atoms with Crippen molar-refractivity contribution < 1.29 is 13.7 Å². The number of ketones is 1. The third kappa shape index (κ3) is 2.83. The first kappa shape index (κ1) is 13.3. The van der Waals surface area contributed by atoms with Crippen molar-refractivity contribution in [3.05, 3.63) is 30.0 Å². The van der Waals surface area contributed by atoms with E-state index < -0.39 is 11.7 Å². The van der Waals surface area contributed by atoms with Crippen LogP contribution in [0.4, 0.5) is 4.39 Å². The summed E-state index contributed by atoms with van der Waals surface area (Å²) in [5.74, 6) is -0.312. The highest BCUT2D eigenvalue weighted by Gasteiger charge is 2.27. The second-order valence-electron chi connectivity index (χ2n) is 4.65. The normalized spacial score (nSPS) is 12.7. The monoisotopic (exact) mass is 263 g/mol. The minimum atomic E-state index is -0.434. The van der Waals surface area contributed by atoms with Crippen LogP contribution < -0.4 is 0 Å². The number of nitrogens with zero attached hydrogens (tertiary/aromatic N) is 3. The third-order valence-corrected chi connectivity index (χ3v) is 2.77. The molecular weight excluding hydrogens is 249 g/mol. The quantitative estimate of drug-likeness (QED) is 0.848. The number of hydrogen-bond donors (Lipinski definition) is 0. The molecule has 1 atom stereocenters. The molecule has 0 spiro atoms. The predicted molar refractivity (Wildman–Crippen MR) is 65.7 cm³/mol. The summed E-state index contributed by atoms with van der Waals surface area (Å²) >= 11 is 0. The van der Waals surface area contributed by atoms with Gasteiger partial charge in [0.25, 0.3) is 0 Å². The van der Waals surface area contributed by atoms with Crippen LogP contribution in [-0.2, 0) is 4.79 Å². The second kappa shape index (κ2) is 5.26. The van der Waals surface area contributed by atoms with E-state index in [1.54, 1.807) is 0 Å². The summed E-state index contributed by atoms with van der Waals surface area (Å²) in [5.41, 5.74) is 0.405. The van der Waals surface area contributed by atoms with E-state index in [1.807, 2.05) is 13.8 Å². The van der Waals surface area contributed by atoms with E-state index in [2.05, 4.69) is 15.1 Å². The van der Waals surface area contributed by atoms with Crippen molar-refractivity contribution in [3.8, 4) is 11.5 Å². The topological polar surface area (TPSA) is 68.9 Å². The van der Waals surface area contributed by atoms with Gasteiger partial charge < -0.3 is 4.52 Å². The summed E-state index contributed by atoms with van der Waals surface area (Å²) in [4.78, 5) is 19.6. The fourth-order valence-electron chi connectivity index (χ4n) is 1.90. The second-order valence-corrected chi connectivity index (χ2v) is 4.65. The number of halogens is 1. The number of Topliss-reactive ketones (excluding diaryl/α,β-unsaturated/α-hetero) is 1. The molecule has 0 amide bonds. The van der Waals surface area contributed by atoms with E-state index in [4.69, 9.17) is 4.52 Å². The van der Waals surface area contributed by atoms with Crippen LogP contribution in [0.2, 0.25) is 0 Å². The first-order chi connectivity index (χ1) is 8.99. The summed E-state index contributed by atoms with van der Waals surface area (Å²) in [6.07, 6.45) is 1.08. The highest BCUT2D eigenvalue weighted by Crippen LogP contribution is 2.25. The van der Waals surface area contributed by atoms with Gasteiger partial charge in [-0.15, -0.1) is 0 Å². The lowest BCUT2D eigenvalue weighted by Gasteiger charge is -2.12. The van der Waals surface area contributed by atoms with Crippen LogP contribution in [0.1, 0.15) is 32.6 Å². The minimum Gasteiger partial charge on any atom is -0.338 e. The predicted octanol–water partition coefficient (Wildman–Crippen LogP) is 2.60. The van der Waals surface area contributed by atoms with Crippen molar-refractivity contribution in [2.75, 3.05) is 0 Å². The van der Waals surface area contributed by atoms with Crippen LogP contribution in [0.25, 0.3) is 11.5 Å². The molecule has 5 nitrogen and oxygen atoms in total. The van der Waals surface area contributed by atoms with E-state index in [0.717, 1.165) is 6.20 Å². The first-order valence-electron chi connectivity index (χ1n) is 5.95. The highest BCUT2D eigenvalue weighted by atomic mass is 19.1. The van der Waals surface area contributed by atoms with E-state index in [9.17, 15) is 9.18 Å². The number of carbonyl (C=O) groups is 1. The number of carbonyl (C=O) groups excluding carboxylic acids is 1. The fourth-order valence-corrected chi connectivity index (χ4v) is 1.90. The average Bonchev–Trinajstić information content (AvgIpc) is 2.78. The lowest BCUT2D eigenvalue weighted by atomic mass is 9.92. The zero-order valence-corrected chi connectivity index (χ0v) is 10.9. The molecule has 0 N–H and O–H groups in total. The Morgan fingerprint density at radius 1 is 1.37 bits per heavy atom. The Hall–Kier alpha value is -2.11. The first-order valence-corrected chi connectivity index (χ1v) is 5.95. The van der Waals surface area contributed by atoms with E-state index in [-0.39, 0.29) is 23.4 Å². The number of pyridine rings is 1. The number of rotatable bonds is 4. The van der Waals surface area contributed by atoms with Crippen molar-refractivity contribution >= 4 is 5.78 Å². The van der Waals surface area contributed by atoms with Gasteiger partial charge in [0.1, 0.15) is 17.3 Å². The highest BCUT2D eigenvalue weighted by molar-refractivity contribution is 5.82. The van der Waals surface area contributed by atoms with Gasteiger partial charge in [-0.2, -0.15) is 4.98 Å². The standard InChI is InChI=1S/C13H14FN3O2/c1-7(2)11(8(3)18)13-16-12(17-19-13)10-5-4-9(14)6-15-10/h4-7,11H,1-3H3. The van der Waals surface area contributed by atoms with Crippen LogP contribution in [0.3, 0.4) is 0 Å². The third-order valence-electron chi connectivity index (χ3n) is 2.77. The van der Waals surface area contributed by atoms with Gasteiger partial charge in [0.15, 0.2) is 0 Å². The van der Waals surface area contributed by atoms with Gasteiger partial charge in [0.05, 0.1) is 12.1 Å². The lowest BCUT2D eigenvalue weighted by molar-refractivity contribution is -0.119. The van der Waals surface area contributed by atoms with Crippen LogP contribution in [0.5, 0.6) is 0 Å². The molecule has 0 aliphatic rings. The van der Waals surface area contributed by atoms with Crippen LogP contribution in [-0.4, -0.2) is 20.9 Å². The summed E-state index contributed by atoms with van der Waals surface area (Å²) < 4.78 is 17.9. The van der Waals surface area contributed by atoms with Crippen LogP contribution in [0, 0.1) is 11.7 Å². The molecule has 0 aliphatic heterocycles. The van der Waals surface area contributed by atoms with Crippen molar-refractivity contribution in [1.29, 1.82) is 0 Å². The van der Waals surface area contributed by atoms with Gasteiger partial charge in [0, 0.05) is 0 Å². The summed E-state index contributed by atoms with van der Waals surface area (Å²) in [6, 6.07) is 2.73. The van der Waals surface area contributed by atoms with E-state index in [0.29, 0.717) is 5.69 Å². The molecule has 6 heteroatoms. The smallest absolute Gasteiger partial charge is 0.237 e. The van der Waals surface area contributed by atoms with Gasteiger partial charge in [-0.1, -0.05) is 19.0 Å². The van der Waals surface area contributed by atoms with Crippen molar-refractivity contribution in [2.24, 2.45) is 5.92 Å². The maximum absolute atomic E-state index is 12.8. The Balaban J connectivity index is 2.32. The molecule has 2 rings (SSSR count). The fraction of sp³-hybridized carbons (Fsp3) is 0.385. The molecule has 0 aromatic carbocycles. The molecular formula is C13H14FN3O2. The molecule has 0 saturated carbocycles. The maximum atomic E-state index is 12.8. The Morgan fingerprint density at radius 3 is 2.63 bits per heavy atom. The maximum Gasteiger partial charge on any atom is 0.237 e. The molecule has 0 radical (unpaired) electrons. The lowest BCUT2D eigenvalue weighted by Crippen LogP contribution is -2.15. The average molecular weight is 263 g/mol. The SMILES string of the molecule is CC(=O)C(c1nc(-c2ccc(F)cn2)no1)C(C)C. The van der Waals surface area contributed by atoms with E-state index >= 15 is 0 Å². The molecule has 0 fully saturated rings. The molecule has 19 heavy (non-hydrogen) atoms. The Labute approximate surface area is 109 Å². The molecule has 2 aromatic heterocycles. The molecule has 0 aliphatic carbocycles. The molecule has 100 valence electrons. The Kier molecular flexibility index (Phi) is 3.69. The Bertz CT molecular complexity index is 578. The van der Waals surface area contributed by atoms with Crippen molar-refractivity contribution in [3.63, 3.8) is 0 Å². The zero-order valence-electron chi connectivity index (χ0n) is 10.9. The molecule has 1 unspecified atom stereocenters. The van der Waals surface area contributed by atoms with Gasteiger partial charge in [-0.3, -0.25) is 4.79 Å². The van der Waals surface area contributed by atoms with Gasteiger partial charge in [0.2, 0.25) is 11.7 Å². The summed E-state index contributed by atoms with van der Waals surface area (Å²) in [5, 5.41) is 3.78. The van der Waals surface area contributed by atoms with Crippen molar-refractivity contribution in [1.82, 2.24) is 15.1 Å². The van der Waals surface area contributed by atoms with Crippen LogP contribution >= 0.6 is 0 Å². The summed E-state index contributed by atoms with van der Waals surface area (Å²) in [7, 11) is 0. The van der Waals surface area contributed by atoms with E-state index in [1.165, 1.54) is 19.1 Å². The molecule has 2 heterocycles. The van der Waals surface area contributed by atoms with Crippen molar-refractivity contribution in [2.45, 2.75) is 26.7 Å². The van der Waals surface area contributed by atoms with Gasteiger partial charge in [-0.05, 0) is 25.0 Å². The summed E-state index contributed by atoms with van der Waals surface area (Å²) in [6.45, 7) is 5.31.